The molecule has 0 aliphatic rings. The smallest absolute Gasteiger partial charge is 0.259 e. The molecule has 0 fully saturated rings. The number of carbonyl (C=O) groups excluding carboxylic acids is 2. The van der Waals surface area contributed by atoms with Crippen LogP contribution in [0.4, 0.5) is 11.9 Å². The number of aromatic nitrogens is 3. The number of aryl methyl sites for hydroxylation is 1. The summed E-state index contributed by atoms with van der Waals surface area (Å²) in [5.74, 6) is -1.03. The van der Waals surface area contributed by atoms with Gasteiger partial charge in [0.1, 0.15) is 5.82 Å². The van der Waals surface area contributed by atoms with E-state index >= 15 is 0 Å². The summed E-state index contributed by atoms with van der Waals surface area (Å²) < 4.78 is 0. The molecule has 11 heteroatoms. The monoisotopic (exact) mass is 469 g/mol. The summed E-state index contributed by atoms with van der Waals surface area (Å²) >= 11 is 24.0. The fourth-order valence-electron chi connectivity index (χ4n) is 2.29. The average Bonchev–Trinajstić information content (AvgIpc) is 2.65. The van der Waals surface area contributed by atoms with Crippen LogP contribution in [-0.2, 0) is 0 Å². The zero-order valence-corrected chi connectivity index (χ0v) is 17.7. The van der Waals surface area contributed by atoms with Gasteiger partial charge in [-0.1, -0.05) is 58.5 Å². The lowest BCUT2D eigenvalue weighted by Gasteiger charge is -2.10. The third-order valence-corrected chi connectivity index (χ3v) is 5.23. The maximum atomic E-state index is 12.5. The van der Waals surface area contributed by atoms with E-state index in [9.17, 15) is 9.59 Å². The molecule has 2 aromatic carbocycles. The molecule has 0 unspecified atom stereocenters. The quantitative estimate of drug-likeness (QED) is 0.539. The van der Waals surface area contributed by atoms with Crippen molar-refractivity contribution in [3.63, 3.8) is 0 Å². The molecular weight excluding hydrogens is 460 g/mol. The van der Waals surface area contributed by atoms with Gasteiger partial charge in [-0.05, 0) is 31.2 Å². The van der Waals surface area contributed by atoms with Crippen LogP contribution in [0.3, 0.4) is 0 Å². The van der Waals surface area contributed by atoms with Crippen LogP contribution in [0.25, 0.3) is 0 Å². The maximum Gasteiger partial charge on any atom is 0.259 e. The first-order valence-corrected chi connectivity index (χ1v) is 9.51. The second kappa shape index (κ2) is 8.92. The molecule has 0 radical (unpaired) electrons. The number of nitrogens with zero attached hydrogens (tertiary/aromatic N) is 3. The largest absolute Gasteiger partial charge is 0.290 e. The van der Waals surface area contributed by atoms with E-state index in [2.05, 4.69) is 25.6 Å². The average molecular weight is 471 g/mol. The van der Waals surface area contributed by atoms with E-state index < -0.39 is 11.8 Å². The highest BCUT2D eigenvalue weighted by Gasteiger charge is 2.17. The number of hydrogen-bond acceptors (Lipinski definition) is 5. The van der Waals surface area contributed by atoms with Gasteiger partial charge in [0.25, 0.3) is 11.8 Å². The number of benzene rings is 2. The van der Waals surface area contributed by atoms with Crippen LogP contribution in [-0.4, -0.2) is 26.8 Å². The van der Waals surface area contributed by atoms with Crippen LogP contribution in [0, 0.1) is 6.92 Å². The minimum Gasteiger partial charge on any atom is -0.290 e. The van der Waals surface area contributed by atoms with Gasteiger partial charge in [-0.2, -0.15) is 15.0 Å². The molecule has 2 amide bonds. The summed E-state index contributed by atoms with van der Waals surface area (Å²) in [5, 5.41) is 5.66. The molecule has 3 aromatic rings. The lowest BCUT2D eigenvalue weighted by molar-refractivity contribution is 0.101. The van der Waals surface area contributed by atoms with Crippen LogP contribution >= 0.6 is 46.4 Å². The van der Waals surface area contributed by atoms with Crippen molar-refractivity contribution >= 4 is 70.1 Å². The zero-order valence-electron chi connectivity index (χ0n) is 14.6. The van der Waals surface area contributed by atoms with Crippen molar-refractivity contribution in [1.82, 2.24) is 15.0 Å². The number of carbonyl (C=O) groups is 2. The first-order valence-electron chi connectivity index (χ1n) is 7.99. The molecule has 0 saturated heterocycles. The third kappa shape index (κ3) is 4.94. The van der Waals surface area contributed by atoms with E-state index in [4.69, 9.17) is 46.4 Å². The van der Waals surface area contributed by atoms with Crippen molar-refractivity contribution in [3.8, 4) is 0 Å². The van der Waals surface area contributed by atoms with E-state index in [1.807, 2.05) is 0 Å². The van der Waals surface area contributed by atoms with E-state index in [1.54, 1.807) is 31.2 Å². The van der Waals surface area contributed by atoms with E-state index in [-0.39, 0.29) is 48.9 Å². The summed E-state index contributed by atoms with van der Waals surface area (Å²) in [6.45, 7) is 1.58. The van der Waals surface area contributed by atoms with E-state index in [0.29, 0.717) is 0 Å². The van der Waals surface area contributed by atoms with Gasteiger partial charge in [0.2, 0.25) is 11.9 Å². The normalized spacial score (nSPS) is 10.5. The van der Waals surface area contributed by atoms with Crippen LogP contribution in [0.2, 0.25) is 20.1 Å². The molecule has 29 heavy (non-hydrogen) atoms. The van der Waals surface area contributed by atoms with E-state index in [0.717, 1.165) is 0 Å². The Bertz CT molecular complexity index is 1040. The molecule has 148 valence electrons. The van der Waals surface area contributed by atoms with Gasteiger partial charge < -0.3 is 0 Å². The predicted octanol–water partition coefficient (Wildman–Crippen LogP) is 5.30. The lowest BCUT2D eigenvalue weighted by atomic mass is 10.2. The molecule has 0 aliphatic heterocycles. The summed E-state index contributed by atoms with van der Waals surface area (Å²) in [6, 6.07) is 9.29. The Labute approximate surface area is 185 Å². The van der Waals surface area contributed by atoms with Crippen molar-refractivity contribution in [2.24, 2.45) is 0 Å². The van der Waals surface area contributed by atoms with Crippen LogP contribution < -0.4 is 10.6 Å². The first kappa shape index (κ1) is 21.3. The maximum absolute atomic E-state index is 12.5. The molecule has 0 spiro atoms. The van der Waals surface area contributed by atoms with Crippen molar-refractivity contribution < 1.29 is 9.59 Å². The Morgan fingerprint density at radius 1 is 0.724 bits per heavy atom. The number of hydrogen-bond donors (Lipinski definition) is 2. The number of halogens is 4. The van der Waals surface area contributed by atoms with Gasteiger partial charge in [-0.15, -0.1) is 0 Å². The standard InChI is InChI=1S/C18H11Cl4N5O2/c1-8-23-17(25-15(28)9-4-2-6-11(19)13(9)21)27-18(24-8)26-16(29)10-5-3-7-12(20)14(10)22/h2-7H,1H3,(H2,23,24,25,26,27,28,29). The summed E-state index contributed by atoms with van der Waals surface area (Å²) in [5.41, 5.74) is 0.294. The summed E-state index contributed by atoms with van der Waals surface area (Å²) in [6.07, 6.45) is 0. The zero-order chi connectivity index (χ0) is 21.1. The Balaban J connectivity index is 1.83. The van der Waals surface area contributed by atoms with Gasteiger partial charge in [0, 0.05) is 0 Å². The van der Waals surface area contributed by atoms with E-state index in [1.165, 1.54) is 12.1 Å². The van der Waals surface area contributed by atoms with Gasteiger partial charge in [-0.25, -0.2) is 0 Å². The number of amides is 2. The second-order valence-corrected chi connectivity index (χ2v) is 7.21. The Hall–Kier alpha value is -2.45. The summed E-state index contributed by atoms with van der Waals surface area (Å²) in [7, 11) is 0. The Kier molecular flexibility index (Phi) is 6.54. The molecule has 1 heterocycles. The van der Waals surface area contributed by atoms with Crippen molar-refractivity contribution in [2.75, 3.05) is 10.6 Å². The molecule has 0 aliphatic carbocycles. The fraction of sp³-hybridized carbons (Fsp3) is 0.0556. The second-order valence-electron chi connectivity index (χ2n) is 5.64. The Morgan fingerprint density at radius 2 is 1.14 bits per heavy atom. The molecule has 3 rings (SSSR count). The van der Waals surface area contributed by atoms with Crippen molar-refractivity contribution in [3.05, 3.63) is 73.4 Å². The van der Waals surface area contributed by atoms with Gasteiger partial charge >= 0.3 is 0 Å². The number of anilines is 2. The molecule has 2 N–H and O–H groups in total. The highest BCUT2D eigenvalue weighted by molar-refractivity contribution is 6.44. The summed E-state index contributed by atoms with van der Waals surface area (Å²) in [4.78, 5) is 37.0. The topological polar surface area (TPSA) is 96.9 Å². The van der Waals surface area contributed by atoms with Crippen LogP contribution in [0.15, 0.2) is 36.4 Å². The van der Waals surface area contributed by atoms with Crippen LogP contribution in [0.1, 0.15) is 26.5 Å². The minimum absolute atomic E-state index is 0.0777. The molecule has 1 aromatic heterocycles. The molecule has 0 atom stereocenters. The van der Waals surface area contributed by atoms with Crippen LogP contribution in [0.5, 0.6) is 0 Å². The highest BCUT2D eigenvalue weighted by atomic mass is 35.5. The predicted molar refractivity (Wildman–Crippen MR) is 113 cm³/mol. The van der Waals surface area contributed by atoms with Gasteiger partial charge in [0.15, 0.2) is 0 Å². The third-order valence-electron chi connectivity index (χ3n) is 3.59. The molecule has 0 bridgehead atoms. The Morgan fingerprint density at radius 3 is 1.55 bits per heavy atom. The SMILES string of the molecule is Cc1nc(NC(=O)c2cccc(Cl)c2Cl)nc(NC(=O)c2cccc(Cl)c2Cl)n1. The van der Waals surface area contributed by atoms with Crippen molar-refractivity contribution in [1.29, 1.82) is 0 Å². The number of nitrogens with one attached hydrogen (secondary N) is 2. The molecule has 7 nitrogen and oxygen atoms in total. The highest BCUT2D eigenvalue weighted by Crippen LogP contribution is 2.27. The fourth-order valence-corrected chi connectivity index (χ4v) is 3.06. The first-order chi connectivity index (χ1) is 13.8. The molecular formula is C18H11Cl4N5O2. The molecule has 0 saturated carbocycles. The van der Waals surface area contributed by atoms with Crippen molar-refractivity contribution in [2.45, 2.75) is 6.92 Å². The van der Waals surface area contributed by atoms with Gasteiger partial charge in [-0.3, -0.25) is 20.2 Å². The lowest BCUT2D eigenvalue weighted by Crippen LogP contribution is -2.19. The van der Waals surface area contributed by atoms with Gasteiger partial charge in [0.05, 0.1) is 31.2 Å². The number of rotatable bonds is 4. The minimum atomic E-state index is -0.571.